The molecule has 1 fully saturated rings. The summed E-state index contributed by atoms with van der Waals surface area (Å²) < 4.78 is 2.18. The van der Waals surface area contributed by atoms with E-state index in [4.69, 9.17) is 0 Å². The van der Waals surface area contributed by atoms with Crippen molar-refractivity contribution >= 4 is 5.97 Å². The van der Waals surface area contributed by atoms with E-state index in [1.807, 2.05) is 12.1 Å². The normalized spacial score (nSPS) is 15.6. The number of carbonyl (C=O) groups is 1. The summed E-state index contributed by atoms with van der Waals surface area (Å²) in [5.41, 5.74) is 1.78. The maximum Gasteiger partial charge on any atom is 0.358 e. The van der Waals surface area contributed by atoms with Gasteiger partial charge in [-0.25, -0.2) is 0 Å². The van der Waals surface area contributed by atoms with Gasteiger partial charge in [0.15, 0.2) is 3.57 Å². The van der Waals surface area contributed by atoms with E-state index >= 15 is 0 Å². The van der Waals surface area contributed by atoms with Crippen LogP contribution in [0, 0.1) is 7.14 Å². The van der Waals surface area contributed by atoms with Crippen LogP contribution in [-0.4, -0.2) is 5.97 Å². The van der Waals surface area contributed by atoms with E-state index in [-0.39, 0.29) is 0 Å². The third-order valence-electron chi connectivity index (χ3n) is 4.25. The number of hydrogen-bond donors (Lipinski definition) is 0. The standard InChI is InChI=1S/C19H19IO2/c21-19(22)17-8-4-5-9-18(17)20-16-12-10-15(11-13-16)14-6-2-1-3-7-14/h4-5,8-14H,1-3,6-7H2. The van der Waals surface area contributed by atoms with Gasteiger partial charge < -0.3 is 9.90 Å². The molecule has 2 nitrogen and oxygen atoms in total. The average Bonchev–Trinajstić information content (AvgIpc) is 2.57. The Hall–Kier alpha value is -1.36. The van der Waals surface area contributed by atoms with Crippen LogP contribution in [0.5, 0.6) is 0 Å². The minimum atomic E-state index is -1.07. The topological polar surface area (TPSA) is 40.1 Å². The molecule has 0 amide bonds. The van der Waals surface area contributed by atoms with Gasteiger partial charge in [-0.2, -0.15) is 0 Å². The molecule has 0 radical (unpaired) electrons. The molecule has 3 rings (SSSR count). The molecule has 22 heavy (non-hydrogen) atoms. The molecule has 0 N–H and O–H groups in total. The Labute approximate surface area is 141 Å². The molecule has 1 aliphatic rings. The minimum absolute atomic E-state index is 0.339. The van der Waals surface area contributed by atoms with E-state index in [0.29, 0.717) is 5.56 Å². The predicted octanol–water partition coefficient (Wildman–Crippen LogP) is 0.226. The number of aromatic carboxylic acids is 1. The van der Waals surface area contributed by atoms with Crippen LogP contribution >= 0.6 is 0 Å². The molecule has 0 aliphatic heterocycles. The molecular weight excluding hydrogens is 387 g/mol. The van der Waals surface area contributed by atoms with Crippen molar-refractivity contribution in [2.24, 2.45) is 0 Å². The Kier molecular flexibility index (Phi) is 5.13. The van der Waals surface area contributed by atoms with Crippen LogP contribution in [0.4, 0.5) is 0 Å². The highest BCUT2D eigenvalue weighted by molar-refractivity contribution is 5.85. The Morgan fingerprint density at radius 2 is 1.64 bits per heavy atom. The van der Waals surface area contributed by atoms with Crippen LogP contribution < -0.4 is 26.3 Å². The van der Waals surface area contributed by atoms with Crippen LogP contribution in [0.3, 0.4) is 0 Å². The van der Waals surface area contributed by atoms with Crippen molar-refractivity contribution in [3.8, 4) is 0 Å². The second kappa shape index (κ2) is 7.27. The lowest BCUT2D eigenvalue weighted by molar-refractivity contribution is -0.598. The van der Waals surface area contributed by atoms with Gasteiger partial charge in [-0.05, 0) is 48.6 Å². The lowest BCUT2D eigenvalue weighted by Crippen LogP contribution is -3.61. The predicted molar refractivity (Wildman–Crippen MR) is 80.4 cm³/mol. The fraction of sp³-hybridized carbons (Fsp3) is 0.316. The lowest BCUT2D eigenvalue weighted by Gasteiger charge is -2.21. The Bertz CT molecular complexity index is 643. The highest BCUT2D eigenvalue weighted by atomic mass is 127. The summed E-state index contributed by atoms with van der Waals surface area (Å²) in [4.78, 5) is 11.2. The first kappa shape index (κ1) is 15.5. The average molecular weight is 406 g/mol. The second-order valence-corrected chi connectivity index (χ2v) is 8.70. The van der Waals surface area contributed by atoms with Crippen molar-refractivity contribution in [1.29, 1.82) is 0 Å². The highest BCUT2D eigenvalue weighted by Crippen LogP contribution is 2.32. The van der Waals surface area contributed by atoms with Crippen molar-refractivity contribution in [3.05, 3.63) is 66.8 Å². The summed E-state index contributed by atoms with van der Waals surface area (Å²) in [7, 11) is 0. The SMILES string of the molecule is O=C([O-])c1ccccc1[I+]c1ccc(C2CCCCC2)cc1. The van der Waals surface area contributed by atoms with Crippen LogP contribution in [0.25, 0.3) is 0 Å². The summed E-state index contributed by atoms with van der Waals surface area (Å²) in [6.45, 7) is 0. The van der Waals surface area contributed by atoms with Crippen molar-refractivity contribution < 1.29 is 31.1 Å². The molecule has 0 spiro atoms. The molecule has 2 aromatic rings. The maximum absolute atomic E-state index is 11.2. The molecule has 1 saturated carbocycles. The molecule has 0 heterocycles. The number of hydrogen-bond acceptors (Lipinski definition) is 2. The quantitative estimate of drug-likeness (QED) is 0.683. The zero-order valence-electron chi connectivity index (χ0n) is 12.4. The van der Waals surface area contributed by atoms with Crippen molar-refractivity contribution in [3.63, 3.8) is 0 Å². The molecule has 0 saturated heterocycles. The van der Waals surface area contributed by atoms with Gasteiger partial charge in [0.2, 0.25) is 3.57 Å². The molecule has 0 aromatic heterocycles. The van der Waals surface area contributed by atoms with Crippen LogP contribution in [0.2, 0.25) is 0 Å². The summed E-state index contributed by atoms with van der Waals surface area (Å²) in [6, 6.07) is 16.1. The van der Waals surface area contributed by atoms with Crippen LogP contribution in [-0.2, 0) is 0 Å². The summed E-state index contributed by atoms with van der Waals surface area (Å²) >= 11 is -0.479. The fourth-order valence-corrected chi connectivity index (χ4v) is 5.53. The zero-order chi connectivity index (χ0) is 15.4. The number of carbonyl (C=O) groups excluding carboxylic acids is 1. The van der Waals surface area contributed by atoms with Crippen molar-refractivity contribution in [2.75, 3.05) is 0 Å². The second-order valence-electron chi connectivity index (χ2n) is 5.75. The Morgan fingerprint density at radius 1 is 0.955 bits per heavy atom. The van der Waals surface area contributed by atoms with Gasteiger partial charge >= 0.3 is 21.2 Å². The van der Waals surface area contributed by atoms with Crippen molar-refractivity contribution in [1.82, 2.24) is 0 Å². The van der Waals surface area contributed by atoms with E-state index in [1.165, 1.54) is 41.2 Å². The minimum Gasteiger partial charge on any atom is -0.545 e. The van der Waals surface area contributed by atoms with Gasteiger partial charge in [-0.1, -0.05) is 43.5 Å². The number of carboxylic acid groups (broad SMARTS) is 1. The van der Waals surface area contributed by atoms with Crippen LogP contribution in [0.15, 0.2) is 48.5 Å². The Balaban J connectivity index is 1.75. The molecule has 2 aromatic carbocycles. The highest BCUT2D eigenvalue weighted by Gasteiger charge is 2.21. The molecular formula is C19H19IO2. The zero-order valence-corrected chi connectivity index (χ0v) is 14.6. The molecule has 114 valence electrons. The number of benzene rings is 2. The molecule has 0 bridgehead atoms. The third-order valence-corrected chi connectivity index (χ3v) is 7.12. The molecule has 1 aliphatic carbocycles. The first-order valence-electron chi connectivity index (χ1n) is 7.79. The summed E-state index contributed by atoms with van der Waals surface area (Å²) in [5, 5.41) is 11.2. The van der Waals surface area contributed by atoms with Gasteiger partial charge in [0.25, 0.3) is 0 Å². The van der Waals surface area contributed by atoms with E-state index in [2.05, 4.69) is 24.3 Å². The molecule has 3 heteroatoms. The summed E-state index contributed by atoms with van der Waals surface area (Å²) in [5.74, 6) is -0.356. The number of carboxylic acids is 1. The molecule has 0 unspecified atom stereocenters. The first-order chi connectivity index (χ1) is 10.7. The van der Waals surface area contributed by atoms with E-state index < -0.39 is 27.2 Å². The van der Waals surface area contributed by atoms with E-state index in [9.17, 15) is 9.90 Å². The first-order valence-corrected chi connectivity index (χ1v) is 9.95. The third kappa shape index (κ3) is 3.69. The maximum atomic E-state index is 11.2. The van der Waals surface area contributed by atoms with Gasteiger partial charge in [-0.15, -0.1) is 0 Å². The Morgan fingerprint density at radius 3 is 2.32 bits per heavy atom. The van der Waals surface area contributed by atoms with Crippen molar-refractivity contribution in [2.45, 2.75) is 38.0 Å². The van der Waals surface area contributed by atoms with Gasteiger partial charge in [0, 0.05) is 0 Å². The van der Waals surface area contributed by atoms with Gasteiger partial charge in [0.1, 0.15) is 0 Å². The van der Waals surface area contributed by atoms with Crippen LogP contribution in [0.1, 0.15) is 53.9 Å². The molecule has 0 atom stereocenters. The fourth-order valence-electron chi connectivity index (χ4n) is 3.06. The lowest BCUT2D eigenvalue weighted by atomic mass is 9.84. The van der Waals surface area contributed by atoms with Gasteiger partial charge in [-0.3, -0.25) is 0 Å². The van der Waals surface area contributed by atoms with Gasteiger partial charge in [0.05, 0.1) is 11.5 Å². The number of rotatable bonds is 4. The largest absolute Gasteiger partial charge is 0.545 e. The van der Waals surface area contributed by atoms with E-state index in [0.717, 1.165) is 9.49 Å². The monoisotopic (exact) mass is 406 g/mol. The number of halogens is 1. The van der Waals surface area contributed by atoms with E-state index in [1.54, 1.807) is 12.1 Å². The summed E-state index contributed by atoms with van der Waals surface area (Å²) in [6.07, 6.45) is 6.68. The smallest absolute Gasteiger partial charge is 0.358 e.